The smallest absolute Gasteiger partial charge is 0.307 e. The van der Waals surface area contributed by atoms with Gasteiger partial charge in [-0.2, -0.15) is 0 Å². The molecule has 0 aromatic heterocycles. The van der Waals surface area contributed by atoms with Crippen molar-refractivity contribution in [2.45, 2.75) is 45.1 Å². The van der Waals surface area contributed by atoms with Crippen LogP contribution in [0.1, 0.15) is 44.1 Å². The molecule has 0 unspecified atom stereocenters. The Morgan fingerprint density at radius 3 is 2.71 bits per heavy atom. The van der Waals surface area contributed by atoms with Gasteiger partial charge < -0.3 is 5.11 Å². The molecule has 2 atom stereocenters. The standard InChI is InChI=1S/C18H25NO2/c20-17(21)16-9-4-5-10-18(16)11-6-12-19(14-18)13-15-7-2-1-3-8-15/h1-3,7-8,16H,4-6,9-14H2,(H,20,21)/t16-,18-/m0/s1. The molecule has 1 saturated carbocycles. The van der Waals surface area contributed by atoms with Crippen LogP contribution in [-0.4, -0.2) is 29.1 Å². The second-order valence-electron chi connectivity index (χ2n) is 6.80. The summed E-state index contributed by atoms with van der Waals surface area (Å²) >= 11 is 0. The van der Waals surface area contributed by atoms with Crippen molar-refractivity contribution >= 4 is 5.97 Å². The molecular formula is C18H25NO2. The lowest BCUT2D eigenvalue weighted by atomic mass is 9.62. The molecule has 1 aliphatic carbocycles. The Morgan fingerprint density at radius 2 is 1.95 bits per heavy atom. The molecule has 3 nitrogen and oxygen atoms in total. The number of carboxylic acid groups (broad SMARTS) is 1. The van der Waals surface area contributed by atoms with E-state index in [2.05, 4.69) is 29.2 Å². The summed E-state index contributed by atoms with van der Waals surface area (Å²) in [5.74, 6) is -0.707. The van der Waals surface area contributed by atoms with Crippen molar-refractivity contribution in [1.29, 1.82) is 0 Å². The number of hydrogen-bond donors (Lipinski definition) is 1. The SMILES string of the molecule is O=C(O)[C@@H]1CCCC[C@@]12CCCN(Cc1ccccc1)C2. The summed E-state index contributed by atoms with van der Waals surface area (Å²) in [6.07, 6.45) is 6.47. The van der Waals surface area contributed by atoms with Gasteiger partial charge in [0, 0.05) is 13.1 Å². The maximum absolute atomic E-state index is 11.7. The lowest BCUT2D eigenvalue weighted by Crippen LogP contribution is -2.50. The molecule has 1 aromatic carbocycles. The number of aliphatic carboxylic acids is 1. The van der Waals surface area contributed by atoms with Crippen LogP contribution in [0.15, 0.2) is 30.3 Å². The highest BCUT2D eigenvalue weighted by Gasteiger charge is 2.46. The number of hydrogen-bond acceptors (Lipinski definition) is 2. The third-order valence-corrected chi connectivity index (χ3v) is 5.39. The van der Waals surface area contributed by atoms with E-state index in [1.165, 1.54) is 12.0 Å². The molecule has 2 fully saturated rings. The first-order chi connectivity index (χ1) is 10.2. The molecule has 2 aliphatic rings. The van der Waals surface area contributed by atoms with E-state index >= 15 is 0 Å². The molecule has 114 valence electrons. The average molecular weight is 287 g/mol. The van der Waals surface area contributed by atoms with E-state index in [0.717, 1.165) is 51.7 Å². The molecule has 1 spiro atoms. The van der Waals surface area contributed by atoms with Gasteiger partial charge in [-0.3, -0.25) is 9.69 Å². The van der Waals surface area contributed by atoms with E-state index in [-0.39, 0.29) is 11.3 Å². The number of piperidine rings is 1. The largest absolute Gasteiger partial charge is 0.481 e. The molecule has 0 radical (unpaired) electrons. The van der Waals surface area contributed by atoms with Gasteiger partial charge in [-0.1, -0.05) is 43.2 Å². The van der Waals surface area contributed by atoms with E-state index in [9.17, 15) is 9.90 Å². The summed E-state index contributed by atoms with van der Waals surface area (Å²) in [4.78, 5) is 14.1. The predicted molar refractivity (Wildman–Crippen MR) is 83.0 cm³/mol. The van der Waals surface area contributed by atoms with Gasteiger partial charge in [-0.25, -0.2) is 0 Å². The van der Waals surface area contributed by atoms with Gasteiger partial charge in [0.1, 0.15) is 0 Å². The first-order valence-corrected chi connectivity index (χ1v) is 8.19. The fourth-order valence-corrected chi connectivity index (χ4v) is 4.41. The normalized spacial score (nSPS) is 30.4. The average Bonchev–Trinajstić information content (AvgIpc) is 2.48. The van der Waals surface area contributed by atoms with Crippen LogP contribution < -0.4 is 0 Å². The molecule has 3 heteroatoms. The molecule has 1 saturated heterocycles. The molecular weight excluding hydrogens is 262 g/mol. The summed E-state index contributed by atoms with van der Waals surface area (Å²) < 4.78 is 0. The Balaban J connectivity index is 1.73. The Hall–Kier alpha value is -1.35. The van der Waals surface area contributed by atoms with Crippen molar-refractivity contribution in [2.24, 2.45) is 11.3 Å². The van der Waals surface area contributed by atoms with Crippen LogP contribution in [0, 0.1) is 11.3 Å². The topological polar surface area (TPSA) is 40.5 Å². The molecule has 21 heavy (non-hydrogen) atoms. The maximum Gasteiger partial charge on any atom is 0.307 e. The van der Waals surface area contributed by atoms with E-state index in [4.69, 9.17) is 0 Å². The van der Waals surface area contributed by atoms with Crippen LogP contribution >= 0.6 is 0 Å². The maximum atomic E-state index is 11.7. The van der Waals surface area contributed by atoms with E-state index in [0.29, 0.717) is 0 Å². The van der Waals surface area contributed by atoms with Gasteiger partial charge >= 0.3 is 5.97 Å². The molecule has 1 aliphatic heterocycles. The number of rotatable bonds is 3. The molecule has 1 aromatic rings. The van der Waals surface area contributed by atoms with Crippen molar-refractivity contribution in [2.75, 3.05) is 13.1 Å². The van der Waals surface area contributed by atoms with Crippen molar-refractivity contribution in [3.63, 3.8) is 0 Å². The van der Waals surface area contributed by atoms with Gasteiger partial charge in [0.25, 0.3) is 0 Å². The van der Waals surface area contributed by atoms with Gasteiger partial charge in [0.2, 0.25) is 0 Å². The molecule has 3 rings (SSSR count). The predicted octanol–water partition coefficient (Wildman–Crippen LogP) is 3.54. The summed E-state index contributed by atoms with van der Waals surface area (Å²) in [7, 11) is 0. The van der Waals surface area contributed by atoms with Crippen LogP contribution in [-0.2, 0) is 11.3 Å². The fourth-order valence-electron chi connectivity index (χ4n) is 4.41. The zero-order valence-electron chi connectivity index (χ0n) is 12.6. The summed E-state index contributed by atoms with van der Waals surface area (Å²) in [5, 5.41) is 9.61. The minimum Gasteiger partial charge on any atom is -0.481 e. The molecule has 1 heterocycles. The summed E-state index contributed by atoms with van der Waals surface area (Å²) in [6.45, 7) is 3.01. The minimum absolute atomic E-state index is 0.0249. The van der Waals surface area contributed by atoms with Gasteiger partial charge in [-0.05, 0) is 43.2 Å². The van der Waals surface area contributed by atoms with Crippen molar-refractivity contribution in [3.05, 3.63) is 35.9 Å². The lowest BCUT2D eigenvalue weighted by Gasteiger charge is -2.48. The Kier molecular flexibility index (Phi) is 4.29. The number of carboxylic acids is 1. The van der Waals surface area contributed by atoms with E-state index in [1.54, 1.807) is 0 Å². The number of carbonyl (C=O) groups is 1. The Bertz CT molecular complexity index is 483. The highest BCUT2D eigenvalue weighted by Crippen LogP contribution is 2.47. The summed E-state index contributed by atoms with van der Waals surface area (Å²) in [5.41, 5.74) is 1.36. The van der Waals surface area contributed by atoms with Crippen LogP contribution in [0.4, 0.5) is 0 Å². The van der Waals surface area contributed by atoms with Gasteiger partial charge in [0.15, 0.2) is 0 Å². The van der Waals surface area contributed by atoms with Gasteiger partial charge in [0.05, 0.1) is 5.92 Å². The first-order valence-electron chi connectivity index (χ1n) is 8.19. The van der Waals surface area contributed by atoms with E-state index in [1.807, 2.05) is 6.07 Å². The fraction of sp³-hybridized carbons (Fsp3) is 0.611. The monoisotopic (exact) mass is 287 g/mol. The first kappa shape index (κ1) is 14.6. The Morgan fingerprint density at radius 1 is 1.19 bits per heavy atom. The number of likely N-dealkylation sites (tertiary alicyclic amines) is 1. The van der Waals surface area contributed by atoms with Crippen molar-refractivity contribution in [3.8, 4) is 0 Å². The molecule has 0 amide bonds. The third-order valence-electron chi connectivity index (χ3n) is 5.39. The lowest BCUT2D eigenvalue weighted by molar-refractivity contribution is -0.151. The van der Waals surface area contributed by atoms with Crippen LogP contribution in [0.3, 0.4) is 0 Å². The molecule has 0 bridgehead atoms. The summed E-state index contributed by atoms with van der Waals surface area (Å²) in [6, 6.07) is 10.5. The van der Waals surface area contributed by atoms with Crippen LogP contribution in [0.5, 0.6) is 0 Å². The quantitative estimate of drug-likeness (QED) is 0.924. The van der Waals surface area contributed by atoms with Gasteiger partial charge in [-0.15, -0.1) is 0 Å². The third kappa shape index (κ3) is 3.13. The zero-order chi connectivity index (χ0) is 14.7. The second-order valence-corrected chi connectivity index (χ2v) is 6.80. The van der Waals surface area contributed by atoms with E-state index < -0.39 is 5.97 Å². The Labute approximate surface area is 127 Å². The zero-order valence-corrected chi connectivity index (χ0v) is 12.6. The van der Waals surface area contributed by atoms with Crippen molar-refractivity contribution in [1.82, 2.24) is 4.90 Å². The van der Waals surface area contributed by atoms with Crippen LogP contribution in [0.25, 0.3) is 0 Å². The second kappa shape index (κ2) is 6.18. The number of benzene rings is 1. The highest BCUT2D eigenvalue weighted by molar-refractivity contribution is 5.71. The number of nitrogens with zero attached hydrogens (tertiary/aromatic N) is 1. The molecule has 1 N–H and O–H groups in total. The minimum atomic E-state index is -0.573. The highest BCUT2D eigenvalue weighted by atomic mass is 16.4. The van der Waals surface area contributed by atoms with Crippen LogP contribution in [0.2, 0.25) is 0 Å². The van der Waals surface area contributed by atoms with Crippen molar-refractivity contribution < 1.29 is 9.90 Å².